The lowest BCUT2D eigenvalue weighted by molar-refractivity contribution is -0.124. The summed E-state index contributed by atoms with van der Waals surface area (Å²) >= 11 is 0. The smallest absolute Gasteiger partial charge is 0.224 e. The molecule has 1 amide bonds. The number of hydrogen-bond donors (Lipinski definition) is 2. The van der Waals surface area contributed by atoms with Gasteiger partial charge in [0.05, 0.1) is 5.92 Å². The number of rotatable bonds is 8. The molecule has 1 atom stereocenters. The molecule has 0 heterocycles. The lowest BCUT2D eigenvalue weighted by Gasteiger charge is -2.15. The molecule has 1 unspecified atom stereocenters. The van der Waals surface area contributed by atoms with Gasteiger partial charge in [-0.05, 0) is 30.7 Å². The van der Waals surface area contributed by atoms with Crippen LogP contribution < -0.4 is 11.1 Å². The van der Waals surface area contributed by atoms with Gasteiger partial charge in [0.25, 0.3) is 0 Å². The zero-order chi connectivity index (χ0) is 14.1. The largest absolute Gasteiger partial charge is 0.356 e. The highest BCUT2D eigenvalue weighted by Gasteiger charge is 2.16. The Morgan fingerprint density at radius 3 is 2.53 bits per heavy atom. The van der Waals surface area contributed by atoms with Crippen molar-refractivity contribution in [1.82, 2.24) is 5.32 Å². The third kappa shape index (κ3) is 6.39. The molecule has 106 valence electrons. The molecule has 1 aromatic rings. The van der Waals surface area contributed by atoms with E-state index in [0.29, 0.717) is 18.9 Å². The first-order valence-corrected chi connectivity index (χ1v) is 7.15. The van der Waals surface area contributed by atoms with Gasteiger partial charge in [-0.2, -0.15) is 0 Å². The fourth-order valence-corrected chi connectivity index (χ4v) is 2.05. The van der Waals surface area contributed by atoms with Gasteiger partial charge < -0.3 is 11.1 Å². The highest BCUT2D eigenvalue weighted by Crippen LogP contribution is 2.08. The monoisotopic (exact) mass is 262 g/mol. The van der Waals surface area contributed by atoms with Crippen LogP contribution in [0.4, 0.5) is 0 Å². The zero-order valence-corrected chi connectivity index (χ0v) is 12.1. The molecule has 0 fully saturated rings. The standard InChI is InChI=1S/C16H26N2O/c1-13(2)7-6-10-18-16(19)15(12-17)11-14-8-4-3-5-9-14/h3-5,8-9,13,15H,6-7,10-12,17H2,1-2H3,(H,18,19). The SMILES string of the molecule is CC(C)CCCNC(=O)C(CN)Cc1ccccc1. The van der Waals surface area contributed by atoms with Crippen molar-refractivity contribution in [3.05, 3.63) is 35.9 Å². The van der Waals surface area contributed by atoms with Crippen LogP contribution in [0.5, 0.6) is 0 Å². The molecule has 3 heteroatoms. The number of benzene rings is 1. The Kier molecular flexibility index (Phi) is 7.19. The second-order valence-electron chi connectivity index (χ2n) is 5.45. The molecular formula is C16H26N2O. The van der Waals surface area contributed by atoms with E-state index >= 15 is 0 Å². The number of amides is 1. The first-order chi connectivity index (χ1) is 9.13. The third-order valence-electron chi connectivity index (χ3n) is 3.24. The fraction of sp³-hybridized carbons (Fsp3) is 0.562. The van der Waals surface area contributed by atoms with Crippen LogP contribution in [0.1, 0.15) is 32.3 Å². The zero-order valence-electron chi connectivity index (χ0n) is 12.1. The van der Waals surface area contributed by atoms with Gasteiger partial charge in [0, 0.05) is 13.1 Å². The Morgan fingerprint density at radius 2 is 1.95 bits per heavy atom. The topological polar surface area (TPSA) is 55.1 Å². The van der Waals surface area contributed by atoms with E-state index in [2.05, 4.69) is 19.2 Å². The Hall–Kier alpha value is -1.35. The maximum Gasteiger partial charge on any atom is 0.224 e. The maximum absolute atomic E-state index is 12.0. The van der Waals surface area contributed by atoms with E-state index in [9.17, 15) is 4.79 Å². The van der Waals surface area contributed by atoms with Crippen LogP contribution in [-0.4, -0.2) is 19.0 Å². The molecule has 19 heavy (non-hydrogen) atoms. The van der Waals surface area contributed by atoms with Crippen LogP contribution in [0.15, 0.2) is 30.3 Å². The van der Waals surface area contributed by atoms with Crippen LogP contribution in [0.3, 0.4) is 0 Å². The molecule has 0 bridgehead atoms. The van der Waals surface area contributed by atoms with Gasteiger partial charge in [-0.3, -0.25) is 4.79 Å². The summed E-state index contributed by atoms with van der Waals surface area (Å²) in [5, 5.41) is 2.99. The molecule has 3 N–H and O–H groups in total. The second-order valence-corrected chi connectivity index (χ2v) is 5.45. The van der Waals surface area contributed by atoms with Crippen molar-refractivity contribution in [3.8, 4) is 0 Å². The molecule has 0 saturated carbocycles. The molecular weight excluding hydrogens is 236 g/mol. The minimum atomic E-state index is -0.124. The predicted molar refractivity (Wildman–Crippen MR) is 79.8 cm³/mol. The molecule has 1 aromatic carbocycles. The number of hydrogen-bond acceptors (Lipinski definition) is 2. The van der Waals surface area contributed by atoms with Crippen LogP contribution in [0, 0.1) is 11.8 Å². The molecule has 0 aromatic heterocycles. The van der Waals surface area contributed by atoms with Crippen molar-refractivity contribution in [3.63, 3.8) is 0 Å². The van der Waals surface area contributed by atoms with Gasteiger partial charge in [0.15, 0.2) is 0 Å². The summed E-state index contributed by atoms with van der Waals surface area (Å²) in [6.45, 7) is 5.53. The maximum atomic E-state index is 12.0. The molecule has 0 spiro atoms. The summed E-state index contributed by atoms with van der Waals surface area (Å²) in [6.07, 6.45) is 2.89. The fourth-order valence-electron chi connectivity index (χ4n) is 2.05. The highest BCUT2D eigenvalue weighted by molar-refractivity contribution is 5.79. The van der Waals surface area contributed by atoms with Crippen LogP contribution in [-0.2, 0) is 11.2 Å². The van der Waals surface area contributed by atoms with Gasteiger partial charge in [0.1, 0.15) is 0 Å². The van der Waals surface area contributed by atoms with Crippen LogP contribution in [0.25, 0.3) is 0 Å². The lowest BCUT2D eigenvalue weighted by Crippen LogP contribution is -2.36. The normalized spacial score (nSPS) is 12.4. The molecule has 0 aliphatic carbocycles. The van der Waals surface area contributed by atoms with Gasteiger partial charge in [-0.1, -0.05) is 44.2 Å². The number of carbonyl (C=O) groups is 1. The molecule has 0 saturated heterocycles. The van der Waals surface area contributed by atoms with Crippen molar-refractivity contribution < 1.29 is 4.79 Å². The molecule has 0 aliphatic rings. The minimum absolute atomic E-state index is 0.0788. The predicted octanol–water partition coefficient (Wildman–Crippen LogP) is 2.36. The minimum Gasteiger partial charge on any atom is -0.356 e. The van der Waals surface area contributed by atoms with E-state index in [0.717, 1.165) is 24.9 Å². The first kappa shape index (κ1) is 15.7. The Morgan fingerprint density at radius 1 is 1.26 bits per heavy atom. The van der Waals surface area contributed by atoms with E-state index < -0.39 is 0 Å². The summed E-state index contributed by atoms with van der Waals surface area (Å²) < 4.78 is 0. The van der Waals surface area contributed by atoms with Gasteiger partial charge in [0.2, 0.25) is 5.91 Å². The number of carbonyl (C=O) groups excluding carboxylic acids is 1. The van der Waals surface area contributed by atoms with Gasteiger partial charge in [-0.25, -0.2) is 0 Å². The van der Waals surface area contributed by atoms with Crippen molar-refractivity contribution in [2.75, 3.05) is 13.1 Å². The number of nitrogens with two attached hydrogens (primary N) is 1. The Labute approximate surface area is 116 Å². The van der Waals surface area contributed by atoms with Crippen molar-refractivity contribution in [2.24, 2.45) is 17.6 Å². The molecule has 0 radical (unpaired) electrons. The Balaban J connectivity index is 2.35. The van der Waals surface area contributed by atoms with E-state index in [-0.39, 0.29) is 11.8 Å². The van der Waals surface area contributed by atoms with E-state index in [1.165, 1.54) is 0 Å². The van der Waals surface area contributed by atoms with E-state index in [1.807, 2.05) is 30.3 Å². The highest BCUT2D eigenvalue weighted by atomic mass is 16.1. The molecule has 3 nitrogen and oxygen atoms in total. The van der Waals surface area contributed by atoms with E-state index in [1.54, 1.807) is 0 Å². The third-order valence-corrected chi connectivity index (χ3v) is 3.24. The number of nitrogens with one attached hydrogen (secondary N) is 1. The first-order valence-electron chi connectivity index (χ1n) is 7.15. The lowest BCUT2D eigenvalue weighted by atomic mass is 9.98. The van der Waals surface area contributed by atoms with Crippen molar-refractivity contribution >= 4 is 5.91 Å². The summed E-state index contributed by atoms with van der Waals surface area (Å²) in [5.74, 6) is 0.642. The summed E-state index contributed by atoms with van der Waals surface area (Å²) in [5.41, 5.74) is 6.88. The average Bonchev–Trinajstić information content (AvgIpc) is 2.41. The second kappa shape index (κ2) is 8.70. The van der Waals surface area contributed by atoms with Crippen molar-refractivity contribution in [2.45, 2.75) is 33.1 Å². The quantitative estimate of drug-likeness (QED) is 0.707. The average molecular weight is 262 g/mol. The van der Waals surface area contributed by atoms with Crippen LogP contribution >= 0.6 is 0 Å². The van der Waals surface area contributed by atoms with Crippen molar-refractivity contribution in [1.29, 1.82) is 0 Å². The molecule has 0 aliphatic heterocycles. The summed E-state index contributed by atoms with van der Waals surface area (Å²) in [4.78, 5) is 12.0. The summed E-state index contributed by atoms with van der Waals surface area (Å²) in [7, 11) is 0. The van der Waals surface area contributed by atoms with Gasteiger partial charge in [-0.15, -0.1) is 0 Å². The Bertz CT molecular complexity index is 362. The van der Waals surface area contributed by atoms with Crippen LogP contribution in [0.2, 0.25) is 0 Å². The summed E-state index contributed by atoms with van der Waals surface area (Å²) in [6, 6.07) is 10.0. The molecule has 1 rings (SSSR count). The van der Waals surface area contributed by atoms with Gasteiger partial charge >= 0.3 is 0 Å². The van der Waals surface area contributed by atoms with E-state index in [4.69, 9.17) is 5.73 Å².